The van der Waals surface area contributed by atoms with Crippen LogP contribution in [0.15, 0.2) is 12.1 Å². The van der Waals surface area contributed by atoms with E-state index in [4.69, 9.17) is 9.14 Å². The highest BCUT2D eigenvalue weighted by Gasteiger charge is 2.20. The highest BCUT2D eigenvalue weighted by atomic mass is 16.7. The van der Waals surface area contributed by atoms with E-state index in [1.807, 2.05) is 13.0 Å². The van der Waals surface area contributed by atoms with Crippen molar-refractivity contribution in [2.24, 2.45) is 0 Å². The van der Waals surface area contributed by atoms with Gasteiger partial charge >= 0.3 is 22.5 Å². The van der Waals surface area contributed by atoms with E-state index in [1.165, 1.54) is 15.4 Å². The number of rotatable bonds is 1. The van der Waals surface area contributed by atoms with Crippen LogP contribution in [0.25, 0.3) is 0 Å². The molecule has 1 heterocycles. The van der Waals surface area contributed by atoms with Gasteiger partial charge in [-0.25, -0.2) is 0 Å². The van der Waals surface area contributed by atoms with Crippen LogP contribution in [0.3, 0.4) is 0 Å². The molecule has 44 valence electrons. The molecule has 0 spiro atoms. The fourth-order valence-corrected chi connectivity index (χ4v) is 0.476. The van der Waals surface area contributed by atoms with Crippen molar-refractivity contribution in [1.82, 2.24) is 0 Å². The van der Waals surface area contributed by atoms with Gasteiger partial charge in [-0.15, -0.1) is 0 Å². The summed E-state index contributed by atoms with van der Waals surface area (Å²) in [5, 5.41) is 0. The molecule has 0 atom stereocenters. The Hall–Kier alpha value is -0.185. The third kappa shape index (κ3) is 2.26. The zero-order valence-corrected chi connectivity index (χ0v) is 5.11. The van der Waals surface area contributed by atoms with Gasteiger partial charge in [0.1, 0.15) is 0 Å². The summed E-state index contributed by atoms with van der Waals surface area (Å²) in [6.07, 6.45) is 1.84. The van der Waals surface area contributed by atoms with E-state index in [0.717, 1.165) is 0 Å². The van der Waals surface area contributed by atoms with Crippen molar-refractivity contribution in [2.45, 2.75) is 6.92 Å². The second kappa shape index (κ2) is 3.77. The summed E-state index contributed by atoms with van der Waals surface area (Å²) >= 11 is 0. The highest BCUT2D eigenvalue weighted by Crippen LogP contribution is 1.95. The molecule has 0 aromatic heterocycles. The smallest absolute Gasteiger partial charge is 0.457 e. The largest absolute Gasteiger partial charge is 0.458 e. The van der Waals surface area contributed by atoms with Crippen LogP contribution in [-0.4, -0.2) is 22.5 Å². The third-order valence-electron chi connectivity index (χ3n) is 0.840. The summed E-state index contributed by atoms with van der Waals surface area (Å²) in [6.45, 7) is 1.89. The Kier molecular flexibility index (Phi) is 2.90. The zero-order chi connectivity index (χ0) is 6.53. The summed E-state index contributed by atoms with van der Waals surface area (Å²) in [5.74, 6) is 1.77. The van der Waals surface area contributed by atoms with Crippen molar-refractivity contribution in [3.05, 3.63) is 12.1 Å². The van der Waals surface area contributed by atoms with Crippen LogP contribution in [0.4, 0.5) is 0 Å². The Labute approximate surface area is 56.1 Å². The van der Waals surface area contributed by atoms with E-state index in [1.54, 1.807) is 5.98 Å². The predicted octanol–water partition coefficient (Wildman–Crippen LogP) is -0.278. The molecule has 0 aliphatic carbocycles. The van der Waals surface area contributed by atoms with Crippen molar-refractivity contribution in [2.75, 3.05) is 0 Å². The lowest BCUT2D eigenvalue weighted by Gasteiger charge is -2.14. The van der Waals surface area contributed by atoms with E-state index in [0.29, 0.717) is 0 Å². The molecule has 1 aliphatic rings. The first-order valence-electron chi connectivity index (χ1n) is 2.66. The Morgan fingerprint density at radius 1 is 1.33 bits per heavy atom. The monoisotopic (exact) mass is 122 g/mol. The second-order valence-electron chi connectivity index (χ2n) is 1.49. The molecule has 0 bridgehead atoms. The minimum Gasteiger partial charge on any atom is -0.457 e. The van der Waals surface area contributed by atoms with Crippen molar-refractivity contribution in [1.29, 1.82) is 0 Å². The maximum absolute atomic E-state index is 4.83. The average molecular weight is 122 g/mol. The average Bonchev–Trinajstić information content (AvgIpc) is 1.91. The van der Waals surface area contributed by atoms with Crippen LogP contribution in [0.5, 0.6) is 0 Å². The molecule has 0 N–H and O–H groups in total. The van der Waals surface area contributed by atoms with Gasteiger partial charge in [0.05, 0.1) is 0 Å². The van der Waals surface area contributed by atoms with E-state index < -0.39 is 0 Å². The molecular weight excluding hydrogens is 116 g/mol. The normalized spacial score (nSPS) is 19.4. The first kappa shape index (κ1) is 6.93. The fourth-order valence-electron chi connectivity index (χ4n) is 0.476. The van der Waals surface area contributed by atoms with Gasteiger partial charge in [-0.2, -0.15) is 0 Å². The van der Waals surface area contributed by atoms with Gasteiger partial charge in [0, 0.05) is 0 Å². The van der Waals surface area contributed by atoms with Crippen LogP contribution >= 0.6 is 0 Å². The van der Waals surface area contributed by atoms with Gasteiger partial charge in [0.2, 0.25) is 0 Å². The van der Waals surface area contributed by atoms with Crippen molar-refractivity contribution in [3.63, 3.8) is 0 Å². The molecule has 6 heteroatoms. The standard InChI is InChI=1S/C3H5B3O3/c1-2-3-6-8-4-7-5-9-6/h2-3H,1H3. The van der Waals surface area contributed by atoms with Gasteiger partial charge in [0.25, 0.3) is 0 Å². The lowest BCUT2D eigenvalue weighted by Crippen LogP contribution is -2.33. The molecule has 0 aromatic rings. The van der Waals surface area contributed by atoms with E-state index in [9.17, 15) is 0 Å². The molecule has 1 saturated heterocycles. The van der Waals surface area contributed by atoms with Crippen LogP contribution in [-0.2, 0) is 13.7 Å². The topological polar surface area (TPSA) is 27.7 Å². The van der Waals surface area contributed by atoms with E-state index in [-0.39, 0.29) is 7.12 Å². The molecule has 9 heavy (non-hydrogen) atoms. The molecule has 1 rings (SSSR count). The van der Waals surface area contributed by atoms with Crippen molar-refractivity contribution >= 4 is 22.5 Å². The summed E-state index contributed by atoms with van der Waals surface area (Å²) in [6, 6.07) is 0. The quantitative estimate of drug-likeness (QED) is 0.447. The molecular formula is C3H5B3O3. The zero-order valence-electron chi connectivity index (χ0n) is 5.11. The maximum atomic E-state index is 4.83. The first-order valence-corrected chi connectivity index (χ1v) is 2.66. The van der Waals surface area contributed by atoms with Gasteiger partial charge in [-0.3, -0.25) is 0 Å². The highest BCUT2D eigenvalue weighted by molar-refractivity contribution is 6.64. The molecule has 0 unspecified atom stereocenters. The number of hydrogen-bond acceptors (Lipinski definition) is 3. The van der Waals surface area contributed by atoms with E-state index in [2.05, 4.69) is 4.57 Å². The molecule has 0 amide bonds. The lowest BCUT2D eigenvalue weighted by molar-refractivity contribution is 0.333. The third-order valence-corrected chi connectivity index (χ3v) is 0.840. The second-order valence-corrected chi connectivity index (χ2v) is 1.49. The van der Waals surface area contributed by atoms with Crippen molar-refractivity contribution in [3.8, 4) is 0 Å². The fraction of sp³-hybridized carbons (Fsp3) is 0.333. The molecule has 1 fully saturated rings. The van der Waals surface area contributed by atoms with Gasteiger partial charge in [0.15, 0.2) is 0 Å². The van der Waals surface area contributed by atoms with Crippen LogP contribution in [0, 0.1) is 0 Å². The Morgan fingerprint density at radius 3 is 2.56 bits per heavy atom. The molecule has 0 aromatic carbocycles. The van der Waals surface area contributed by atoms with Gasteiger partial charge in [-0.05, 0) is 6.92 Å². The van der Waals surface area contributed by atoms with E-state index >= 15 is 0 Å². The Morgan fingerprint density at radius 2 is 2.00 bits per heavy atom. The van der Waals surface area contributed by atoms with Crippen LogP contribution < -0.4 is 0 Å². The Balaban J connectivity index is 2.23. The summed E-state index contributed by atoms with van der Waals surface area (Å²) in [5.41, 5.74) is 0. The molecule has 3 nitrogen and oxygen atoms in total. The summed E-state index contributed by atoms with van der Waals surface area (Å²) in [4.78, 5) is 0. The molecule has 0 saturated carbocycles. The number of allylic oxidation sites excluding steroid dienone is 1. The maximum Gasteiger partial charge on any atom is 0.458 e. The number of hydrogen-bond donors (Lipinski definition) is 0. The van der Waals surface area contributed by atoms with Gasteiger partial charge in [-0.1, -0.05) is 12.1 Å². The summed E-state index contributed by atoms with van der Waals surface area (Å²) < 4.78 is 14.2. The molecule has 1 aliphatic heterocycles. The van der Waals surface area contributed by atoms with Gasteiger partial charge < -0.3 is 13.7 Å². The van der Waals surface area contributed by atoms with Crippen LogP contribution in [0.2, 0.25) is 0 Å². The summed E-state index contributed by atoms with van der Waals surface area (Å²) in [7, 11) is 2.14. The molecule has 2 radical (unpaired) electrons. The lowest BCUT2D eigenvalue weighted by atomic mass is 9.84. The van der Waals surface area contributed by atoms with Crippen molar-refractivity contribution < 1.29 is 13.7 Å². The SMILES string of the molecule is CC=CB1O[B]O[B]O1. The Bertz CT molecular complexity index is 100. The minimum absolute atomic E-state index is 0.316. The predicted molar refractivity (Wildman–Crippen MR) is 35.3 cm³/mol. The first-order chi connectivity index (χ1) is 4.43. The van der Waals surface area contributed by atoms with Crippen LogP contribution in [0.1, 0.15) is 6.92 Å². The minimum atomic E-state index is -0.316.